The van der Waals surface area contributed by atoms with Gasteiger partial charge in [0, 0.05) is 12.1 Å². The second-order valence-electron chi connectivity index (χ2n) is 4.94. The van der Waals surface area contributed by atoms with Crippen molar-refractivity contribution in [2.75, 3.05) is 13.7 Å². The maximum atomic E-state index is 13.0. The molecular weight excluding hydrogens is 311 g/mol. The van der Waals surface area contributed by atoms with Crippen LogP contribution in [0, 0.1) is 0 Å². The average molecular weight is 324 g/mol. The van der Waals surface area contributed by atoms with Gasteiger partial charge in [0.25, 0.3) is 5.91 Å². The van der Waals surface area contributed by atoms with Crippen molar-refractivity contribution in [3.8, 4) is 0 Å². The standard InChI is InChI=1S/C13H13FN4O3S/c1-21-10(19)5-16-13(20)8-6-18(22-14)12-11(8)17-9(4-15-12)7-2-3-7/h4,6-7H,2-3,5H2,1H3,(H,16,20). The van der Waals surface area contributed by atoms with Gasteiger partial charge in [-0.15, -0.1) is 3.89 Å². The minimum Gasteiger partial charge on any atom is -0.468 e. The number of rotatable bonds is 5. The van der Waals surface area contributed by atoms with Crippen LogP contribution in [-0.4, -0.2) is 39.5 Å². The van der Waals surface area contributed by atoms with Crippen molar-refractivity contribution < 1.29 is 18.2 Å². The van der Waals surface area contributed by atoms with Crippen molar-refractivity contribution in [3.63, 3.8) is 0 Å². The molecule has 0 spiro atoms. The van der Waals surface area contributed by atoms with E-state index in [4.69, 9.17) is 0 Å². The number of nitrogens with one attached hydrogen (secondary N) is 1. The highest BCUT2D eigenvalue weighted by atomic mass is 32.2. The van der Waals surface area contributed by atoms with Crippen LogP contribution in [0.3, 0.4) is 0 Å². The first-order valence-electron chi connectivity index (χ1n) is 6.66. The van der Waals surface area contributed by atoms with Crippen LogP contribution in [0.5, 0.6) is 0 Å². The molecular formula is C13H13FN4O3S. The van der Waals surface area contributed by atoms with E-state index in [9.17, 15) is 13.5 Å². The largest absolute Gasteiger partial charge is 0.468 e. The summed E-state index contributed by atoms with van der Waals surface area (Å²) in [4.78, 5) is 31.9. The molecule has 2 aromatic rings. The van der Waals surface area contributed by atoms with Gasteiger partial charge >= 0.3 is 5.97 Å². The van der Waals surface area contributed by atoms with Crippen LogP contribution in [0.15, 0.2) is 12.4 Å². The van der Waals surface area contributed by atoms with Crippen molar-refractivity contribution in [2.45, 2.75) is 18.8 Å². The van der Waals surface area contributed by atoms with Gasteiger partial charge in [0.1, 0.15) is 12.1 Å². The molecule has 116 valence electrons. The van der Waals surface area contributed by atoms with Gasteiger partial charge in [-0.1, -0.05) is 0 Å². The van der Waals surface area contributed by atoms with E-state index < -0.39 is 11.9 Å². The molecule has 3 rings (SSSR count). The Kier molecular flexibility index (Phi) is 3.97. The van der Waals surface area contributed by atoms with Crippen LogP contribution in [0.25, 0.3) is 11.2 Å². The number of hydrogen-bond donors (Lipinski definition) is 1. The lowest BCUT2D eigenvalue weighted by Gasteiger charge is -2.03. The highest BCUT2D eigenvalue weighted by Gasteiger charge is 2.27. The molecule has 1 amide bonds. The van der Waals surface area contributed by atoms with Crippen molar-refractivity contribution in [3.05, 3.63) is 23.7 Å². The number of esters is 1. The van der Waals surface area contributed by atoms with Crippen LogP contribution >= 0.6 is 12.3 Å². The molecule has 0 aromatic carbocycles. The third-order valence-electron chi connectivity index (χ3n) is 3.42. The Labute approximate surface area is 129 Å². The Balaban J connectivity index is 1.94. The number of carbonyl (C=O) groups is 2. The molecule has 1 aliphatic carbocycles. The third-order valence-corrected chi connectivity index (χ3v) is 3.84. The number of halogens is 1. The number of methoxy groups -OCH3 is 1. The lowest BCUT2D eigenvalue weighted by molar-refractivity contribution is -0.139. The molecule has 0 unspecified atom stereocenters. The molecule has 0 aliphatic heterocycles. The second-order valence-corrected chi connectivity index (χ2v) is 5.47. The number of hydrogen-bond acceptors (Lipinski definition) is 6. The molecule has 1 fully saturated rings. The zero-order valence-corrected chi connectivity index (χ0v) is 12.5. The Bertz CT molecular complexity index is 744. The fraction of sp³-hybridized carbons (Fsp3) is 0.385. The van der Waals surface area contributed by atoms with Crippen LogP contribution in [0.4, 0.5) is 3.89 Å². The van der Waals surface area contributed by atoms with Gasteiger partial charge in [-0.2, -0.15) is 0 Å². The van der Waals surface area contributed by atoms with Crippen molar-refractivity contribution in [1.82, 2.24) is 19.3 Å². The maximum absolute atomic E-state index is 13.0. The molecule has 7 nitrogen and oxygen atoms in total. The summed E-state index contributed by atoms with van der Waals surface area (Å²) in [6.45, 7) is -0.263. The summed E-state index contributed by atoms with van der Waals surface area (Å²) in [5, 5.41) is 2.42. The number of carbonyl (C=O) groups excluding carboxylic acids is 2. The lowest BCUT2D eigenvalue weighted by atomic mass is 10.2. The number of ether oxygens (including phenoxy) is 1. The highest BCUT2D eigenvalue weighted by molar-refractivity contribution is 7.92. The number of amides is 1. The predicted molar refractivity (Wildman–Crippen MR) is 77.9 cm³/mol. The van der Waals surface area contributed by atoms with Gasteiger partial charge in [-0.3, -0.25) is 9.59 Å². The molecule has 0 radical (unpaired) electrons. The Hall–Kier alpha value is -2.16. The topological polar surface area (TPSA) is 86.1 Å². The Morgan fingerprint density at radius 2 is 2.32 bits per heavy atom. The van der Waals surface area contributed by atoms with Gasteiger partial charge in [0.2, 0.25) is 0 Å². The SMILES string of the molecule is COC(=O)CNC(=O)c1cn(SF)c2ncc(C3CC3)nc12. The monoisotopic (exact) mass is 324 g/mol. The van der Waals surface area contributed by atoms with Crippen LogP contribution in [0.2, 0.25) is 0 Å². The summed E-state index contributed by atoms with van der Waals surface area (Å²) in [6, 6.07) is 0. The van der Waals surface area contributed by atoms with E-state index in [1.807, 2.05) is 0 Å². The number of nitrogens with zero attached hydrogens (tertiary/aromatic N) is 3. The molecule has 9 heteroatoms. The first-order chi connectivity index (χ1) is 10.6. The summed E-state index contributed by atoms with van der Waals surface area (Å²) in [7, 11) is 1.23. The van der Waals surface area contributed by atoms with Crippen LogP contribution < -0.4 is 5.32 Å². The summed E-state index contributed by atoms with van der Waals surface area (Å²) in [5.41, 5.74) is 1.59. The van der Waals surface area contributed by atoms with E-state index in [1.54, 1.807) is 6.20 Å². The summed E-state index contributed by atoms with van der Waals surface area (Å²) in [5.74, 6) is -0.726. The normalized spacial score (nSPS) is 14.1. The highest BCUT2D eigenvalue weighted by Crippen LogP contribution is 2.39. The van der Waals surface area contributed by atoms with Gasteiger partial charge in [0.15, 0.2) is 18.0 Å². The predicted octanol–water partition coefficient (Wildman–Crippen LogP) is 1.59. The quantitative estimate of drug-likeness (QED) is 0.841. The van der Waals surface area contributed by atoms with E-state index in [0.29, 0.717) is 11.4 Å². The number of aromatic nitrogens is 3. The second kappa shape index (κ2) is 5.91. The molecule has 0 atom stereocenters. The third kappa shape index (κ3) is 2.76. The fourth-order valence-corrected chi connectivity index (χ4v) is 2.44. The van der Waals surface area contributed by atoms with Gasteiger partial charge in [-0.05, 0) is 12.8 Å². The average Bonchev–Trinajstić information content (AvgIpc) is 3.33. The summed E-state index contributed by atoms with van der Waals surface area (Å²) in [6.07, 6.45) is 5.02. The van der Waals surface area contributed by atoms with Crippen molar-refractivity contribution >= 4 is 35.4 Å². The van der Waals surface area contributed by atoms with Crippen LogP contribution in [0.1, 0.15) is 34.8 Å². The Morgan fingerprint density at radius 3 is 2.95 bits per heavy atom. The van der Waals surface area contributed by atoms with E-state index >= 15 is 0 Å². The lowest BCUT2D eigenvalue weighted by Crippen LogP contribution is -2.30. The first kappa shape index (κ1) is 14.8. The van der Waals surface area contributed by atoms with E-state index in [1.165, 1.54) is 13.3 Å². The fourth-order valence-electron chi connectivity index (χ4n) is 2.09. The van der Waals surface area contributed by atoms with Gasteiger partial charge < -0.3 is 10.1 Å². The smallest absolute Gasteiger partial charge is 0.325 e. The Morgan fingerprint density at radius 1 is 1.55 bits per heavy atom. The molecule has 2 aromatic heterocycles. The molecule has 1 N–H and O–H groups in total. The molecule has 1 saturated carbocycles. The molecule has 2 heterocycles. The van der Waals surface area contributed by atoms with Gasteiger partial charge in [-0.25, -0.2) is 13.9 Å². The van der Waals surface area contributed by atoms with Crippen molar-refractivity contribution in [1.29, 1.82) is 0 Å². The molecule has 1 aliphatic rings. The zero-order valence-electron chi connectivity index (χ0n) is 11.7. The molecule has 0 bridgehead atoms. The minimum atomic E-state index is -0.568. The van der Waals surface area contributed by atoms with Gasteiger partial charge in [0.05, 0.1) is 24.6 Å². The number of fused-ring (bicyclic) bond motifs is 1. The molecule has 22 heavy (non-hydrogen) atoms. The van der Waals surface area contributed by atoms with Crippen LogP contribution in [-0.2, 0) is 9.53 Å². The molecule has 0 saturated heterocycles. The zero-order chi connectivity index (χ0) is 15.7. The first-order valence-corrected chi connectivity index (χ1v) is 7.33. The maximum Gasteiger partial charge on any atom is 0.325 e. The van der Waals surface area contributed by atoms with E-state index in [0.717, 1.165) is 22.5 Å². The summed E-state index contributed by atoms with van der Waals surface area (Å²) < 4.78 is 18.6. The van der Waals surface area contributed by atoms with Crippen molar-refractivity contribution in [2.24, 2.45) is 0 Å². The summed E-state index contributed by atoms with van der Waals surface area (Å²) >= 11 is -0.0622. The minimum absolute atomic E-state index is 0.0622. The van der Waals surface area contributed by atoms with E-state index in [2.05, 4.69) is 20.0 Å². The van der Waals surface area contributed by atoms with E-state index in [-0.39, 0.29) is 30.1 Å².